The molecule has 1 fully saturated rings. The number of rotatable bonds is 5. The lowest BCUT2D eigenvalue weighted by Crippen LogP contribution is -2.38. The number of hydrogen-bond acceptors (Lipinski definition) is 3. The van der Waals surface area contributed by atoms with Crippen LogP contribution in [0.5, 0.6) is 11.5 Å². The van der Waals surface area contributed by atoms with Crippen molar-refractivity contribution in [1.29, 1.82) is 0 Å². The molecule has 0 spiro atoms. The maximum absolute atomic E-state index is 13.3. The Bertz CT molecular complexity index is 909. The Morgan fingerprint density at radius 2 is 1.69 bits per heavy atom. The first-order valence-electron chi connectivity index (χ1n) is 9.12. The normalized spacial score (nSPS) is 15.8. The van der Waals surface area contributed by atoms with E-state index in [1.54, 1.807) is 18.2 Å². The van der Waals surface area contributed by atoms with Crippen molar-refractivity contribution in [2.45, 2.75) is 37.3 Å². The fourth-order valence-electron chi connectivity index (χ4n) is 3.80. The predicted molar refractivity (Wildman–Crippen MR) is 105 cm³/mol. The highest BCUT2D eigenvalue weighted by Gasteiger charge is 2.43. The van der Waals surface area contributed by atoms with Gasteiger partial charge in [0.05, 0.1) is 35.9 Å². The minimum Gasteiger partial charge on any atom is -0.493 e. The molecule has 8 heteroatoms. The van der Waals surface area contributed by atoms with Gasteiger partial charge in [0, 0.05) is 0 Å². The molecule has 1 saturated carbocycles. The largest absolute Gasteiger partial charge is 0.493 e. The van der Waals surface area contributed by atoms with Gasteiger partial charge in [0.15, 0.2) is 11.5 Å². The molecule has 4 nitrogen and oxygen atoms in total. The summed E-state index contributed by atoms with van der Waals surface area (Å²) in [4.78, 5) is 13.3. The van der Waals surface area contributed by atoms with Crippen LogP contribution in [0.3, 0.4) is 0 Å². The SMILES string of the molecule is COc1ccc(C2(C(=O)Nc3cc(C(F)(F)F)ccc3Cl)CCCC2)cc1OC. The third-order valence-corrected chi connectivity index (χ3v) is 5.70. The molecule has 1 aliphatic carbocycles. The van der Waals surface area contributed by atoms with Crippen molar-refractivity contribution in [3.63, 3.8) is 0 Å². The van der Waals surface area contributed by atoms with Crippen molar-refractivity contribution >= 4 is 23.2 Å². The van der Waals surface area contributed by atoms with Crippen molar-refractivity contribution < 1.29 is 27.4 Å². The van der Waals surface area contributed by atoms with Crippen LogP contribution < -0.4 is 14.8 Å². The van der Waals surface area contributed by atoms with Crippen molar-refractivity contribution in [2.75, 3.05) is 19.5 Å². The summed E-state index contributed by atoms with van der Waals surface area (Å²) < 4.78 is 49.8. The lowest BCUT2D eigenvalue weighted by molar-refractivity contribution is -0.137. The van der Waals surface area contributed by atoms with Crippen LogP contribution in [0.25, 0.3) is 0 Å². The van der Waals surface area contributed by atoms with Gasteiger partial charge in [-0.25, -0.2) is 0 Å². The minimum atomic E-state index is -4.53. The molecule has 0 radical (unpaired) electrons. The van der Waals surface area contributed by atoms with Crippen LogP contribution in [0.15, 0.2) is 36.4 Å². The number of carbonyl (C=O) groups is 1. The Kier molecular flexibility index (Phi) is 5.98. The summed E-state index contributed by atoms with van der Waals surface area (Å²) in [6.45, 7) is 0. The molecule has 1 N–H and O–H groups in total. The molecule has 0 bridgehead atoms. The Morgan fingerprint density at radius 3 is 2.28 bits per heavy atom. The summed E-state index contributed by atoms with van der Waals surface area (Å²) in [5.74, 6) is 0.635. The monoisotopic (exact) mass is 427 g/mol. The average Bonchev–Trinajstić information content (AvgIpc) is 3.19. The Morgan fingerprint density at radius 1 is 1.03 bits per heavy atom. The molecule has 0 atom stereocenters. The summed E-state index contributed by atoms with van der Waals surface area (Å²) in [6, 6.07) is 8.14. The van der Waals surface area contributed by atoms with Crippen molar-refractivity contribution in [1.82, 2.24) is 0 Å². The van der Waals surface area contributed by atoms with Crippen LogP contribution in [0.1, 0.15) is 36.8 Å². The number of nitrogens with one attached hydrogen (secondary N) is 1. The highest BCUT2D eigenvalue weighted by molar-refractivity contribution is 6.33. The van der Waals surface area contributed by atoms with Crippen LogP contribution in [-0.2, 0) is 16.4 Å². The molecule has 2 aromatic rings. The Labute approximate surface area is 172 Å². The molecule has 29 heavy (non-hydrogen) atoms. The van der Waals surface area contributed by atoms with E-state index in [4.69, 9.17) is 21.1 Å². The molecule has 1 amide bonds. The zero-order chi connectivity index (χ0) is 21.2. The van der Waals surface area contributed by atoms with Crippen LogP contribution in [0.4, 0.5) is 18.9 Å². The van der Waals surface area contributed by atoms with E-state index >= 15 is 0 Å². The Hall–Kier alpha value is -2.41. The fraction of sp³-hybridized carbons (Fsp3) is 0.381. The van der Waals surface area contributed by atoms with Gasteiger partial charge in [-0.2, -0.15) is 13.2 Å². The van der Waals surface area contributed by atoms with Crippen LogP contribution in [0.2, 0.25) is 5.02 Å². The summed E-state index contributed by atoms with van der Waals surface area (Å²) >= 11 is 6.06. The third-order valence-electron chi connectivity index (χ3n) is 5.37. The van der Waals surface area contributed by atoms with Gasteiger partial charge in [-0.3, -0.25) is 4.79 Å². The number of benzene rings is 2. The second-order valence-corrected chi connectivity index (χ2v) is 7.41. The molecular weight excluding hydrogens is 407 g/mol. The van der Waals surface area contributed by atoms with Gasteiger partial charge in [0.25, 0.3) is 0 Å². The Balaban J connectivity index is 1.97. The van der Waals surface area contributed by atoms with E-state index in [2.05, 4.69) is 5.32 Å². The van der Waals surface area contributed by atoms with E-state index in [1.165, 1.54) is 14.2 Å². The summed E-state index contributed by atoms with van der Waals surface area (Å²) in [5, 5.41) is 2.68. The predicted octanol–water partition coefficient (Wildman–Crippen LogP) is 5.83. The number of hydrogen-bond donors (Lipinski definition) is 1. The second kappa shape index (κ2) is 8.14. The maximum atomic E-state index is 13.3. The van der Waals surface area contributed by atoms with Crippen LogP contribution >= 0.6 is 11.6 Å². The van der Waals surface area contributed by atoms with Gasteiger partial charge in [-0.15, -0.1) is 0 Å². The molecule has 2 aromatic carbocycles. The molecule has 0 heterocycles. The number of methoxy groups -OCH3 is 2. The van der Waals surface area contributed by atoms with E-state index in [9.17, 15) is 18.0 Å². The number of carbonyl (C=O) groups excluding carboxylic acids is 1. The average molecular weight is 428 g/mol. The van der Waals surface area contributed by atoms with E-state index in [-0.39, 0.29) is 16.6 Å². The lowest BCUT2D eigenvalue weighted by Gasteiger charge is -2.29. The second-order valence-electron chi connectivity index (χ2n) is 7.01. The van der Waals surface area contributed by atoms with E-state index in [1.807, 2.05) is 0 Å². The minimum absolute atomic E-state index is 0.0480. The zero-order valence-electron chi connectivity index (χ0n) is 16.0. The molecule has 0 aromatic heterocycles. The first-order valence-corrected chi connectivity index (χ1v) is 9.50. The van der Waals surface area contributed by atoms with Crippen molar-refractivity contribution in [3.05, 3.63) is 52.5 Å². The highest BCUT2D eigenvalue weighted by atomic mass is 35.5. The van der Waals surface area contributed by atoms with Gasteiger partial charge in [-0.05, 0) is 48.7 Å². The van der Waals surface area contributed by atoms with E-state index in [0.29, 0.717) is 24.3 Å². The molecule has 0 unspecified atom stereocenters. The summed E-state index contributed by atoms with van der Waals surface area (Å²) in [5.41, 5.74) is -1.08. The smallest absolute Gasteiger partial charge is 0.416 e. The summed E-state index contributed by atoms with van der Waals surface area (Å²) in [6.07, 6.45) is -1.72. The first kappa shape index (κ1) is 21.3. The number of halogens is 4. The van der Waals surface area contributed by atoms with Gasteiger partial charge >= 0.3 is 6.18 Å². The molecule has 0 saturated heterocycles. The van der Waals surface area contributed by atoms with Gasteiger partial charge in [0.1, 0.15) is 0 Å². The van der Waals surface area contributed by atoms with Gasteiger partial charge in [0.2, 0.25) is 5.91 Å². The zero-order valence-corrected chi connectivity index (χ0v) is 16.8. The molecule has 0 aliphatic heterocycles. The number of anilines is 1. The number of alkyl halides is 3. The number of amides is 1. The lowest BCUT2D eigenvalue weighted by atomic mass is 9.77. The van der Waals surface area contributed by atoms with Gasteiger partial charge < -0.3 is 14.8 Å². The first-order chi connectivity index (χ1) is 13.7. The summed E-state index contributed by atoms with van der Waals surface area (Å²) in [7, 11) is 3.02. The standard InChI is InChI=1S/C21H21ClF3NO3/c1-28-17-8-6-13(12-18(17)29-2)20(9-3-4-10-20)19(27)26-16-11-14(21(23,24)25)5-7-15(16)22/h5-8,11-12H,3-4,9-10H2,1-2H3,(H,26,27). The van der Waals surface area contributed by atoms with Crippen LogP contribution in [-0.4, -0.2) is 20.1 Å². The molecule has 156 valence electrons. The van der Waals surface area contributed by atoms with Crippen molar-refractivity contribution in [3.8, 4) is 11.5 Å². The van der Waals surface area contributed by atoms with E-state index in [0.717, 1.165) is 36.6 Å². The maximum Gasteiger partial charge on any atom is 0.416 e. The molecule has 3 rings (SSSR count). The quantitative estimate of drug-likeness (QED) is 0.653. The van der Waals surface area contributed by atoms with Gasteiger partial charge in [-0.1, -0.05) is 30.5 Å². The van der Waals surface area contributed by atoms with E-state index < -0.39 is 17.2 Å². The molecule has 1 aliphatic rings. The van der Waals surface area contributed by atoms with Crippen molar-refractivity contribution in [2.24, 2.45) is 0 Å². The van der Waals surface area contributed by atoms with Crippen LogP contribution in [0, 0.1) is 0 Å². The molecular formula is C21H21ClF3NO3. The third kappa shape index (κ3) is 4.15. The number of ether oxygens (including phenoxy) is 2. The highest BCUT2D eigenvalue weighted by Crippen LogP contribution is 2.45. The fourth-order valence-corrected chi connectivity index (χ4v) is 3.96. The topological polar surface area (TPSA) is 47.6 Å².